The molecular weight excluding hydrogens is 488 g/mol. The number of halogens is 5. The Morgan fingerprint density at radius 1 is 1.00 bits per heavy atom. The van der Waals surface area contributed by atoms with Crippen molar-refractivity contribution in [3.8, 4) is 22.5 Å². The highest BCUT2D eigenvalue weighted by Gasteiger charge is 2.33. The topological polar surface area (TPSA) is 77.2 Å². The molecule has 32 heavy (non-hydrogen) atoms. The van der Waals surface area contributed by atoms with Crippen LogP contribution in [0.25, 0.3) is 28.2 Å². The molecule has 12 heteroatoms. The molecule has 0 spiro atoms. The third-order valence-electron chi connectivity index (χ3n) is 4.64. The maximum atomic E-state index is 13.0. The maximum absolute atomic E-state index is 13.0. The summed E-state index contributed by atoms with van der Waals surface area (Å²) in [6.07, 6.45) is -0.876. The summed E-state index contributed by atoms with van der Waals surface area (Å²) in [5, 5.41) is 0.731. The molecule has 3 aromatic heterocycles. The Bertz CT molecular complexity index is 1430. The summed E-state index contributed by atoms with van der Waals surface area (Å²) in [6.45, 7) is 1.48. The van der Waals surface area contributed by atoms with E-state index in [1.807, 2.05) is 0 Å². The van der Waals surface area contributed by atoms with Crippen molar-refractivity contribution in [2.24, 2.45) is 0 Å². The molecular formula is C20H13Cl2F3N4O2S. The van der Waals surface area contributed by atoms with Gasteiger partial charge < -0.3 is 0 Å². The second-order valence-electron chi connectivity index (χ2n) is 6.80. The van der Waals surface area contributed by atoms with Crippen LogP contribution in [0.3, 0.4) is 0 Å². The maximum Gasteiger partial charge on any atom is 0.433 e. The average molecular weight is 501 g/mol. The lowest BCUT2D eigenvalue weighted by Gasteiger charge is -2.10. The number of rotatable bonds is 4. The van der Waals surface area contributed by atoms with Crippen LogP contribution in [0, 0.1) is 0 Å². The van der Waals surface area contributed by atoms with Gasteiger partial charge in [-0.1, -0.05) is 30.1 Å². The lowest BCUT2D eigenvalue weighted by Crippen LogP contribution is -2.08. The highest BCUT2D eigenvalue weighted by Crippen LogP contribution is 2.33. The number of alkyl halides is 3. The number of pyridine rings is 1. The summed E-state index contributed by atoms with van der Waals surface area (Å²) >= 11 is 12.1. The fourth-order valence-corrected chi connectivity index (χ4v) is 4.66. The third-order valence-corrected chi connectivity index (χ3v) is 6.82. The molecule has 166 valence electrons. The van der Waals surface area contributed by atoms with E-state index in [1.165, 1.54) is 35.9 Å². The van der Waals surface area contributed by atoms with Crippen LogP contribution in [0.2, 0.25) is 10.0 Å². The number of imidazole rings is 1. The summed E-state index contributed by atoms with van der Waals surface area (Å²) in [5.74, 6) is -0.214. The van der Waals surface area contributed by atoms with Crippen molar-refractivity contribution in [2.75, 3.05) is 5.75 Å². The van der Waals surface area contributed by atoms with Crippen LogP contribution in [0.1, 0.15) is 12.6 Å². The zero-order valence-electron chi connectivity index (χ0n) is 16.2. The van der Waals surface area contributed by atoms with Gasteiger partial charge in [0.25, 0.3) is 0 Å². The van der Waals surface area contributed by atoms with Gasteiger partial charge in [-0.15, -0.1) is 0 Å². The molecule has 0 fully saturated rings. The minimum Gasteiger partial charge on any atom is -0.290 e. The predicted octanol–water partition coefficient (Wildman–Crippen LogP) is 5.58. The van der Waals surface area contributed by atoms with Crippen molar-refractivity contribution in [1.29, 1.82) is 0 Å². The van der Waals surface area contributed by atoms with Crippen molar-refractivity contribution >= 4 is 38.7 Å². The highest BCUT2D eigenvalue weighted by atomic mass is 35.5. The van der Waals surface area contributed by atoms with E-state index in [0.717, 1.165) is 12.4 Å². The van der Waals surface area contributed by atoms with Gasteiger partial charge in [0.15, 0.2) is 9.84 Å². The van der Waals surface area contributed by atoms with E-state index in [4.69, 9.17) is 23.2 Å². The Kier molecular flexibility index (Phi) is 5.64. The van der Waals surface area contributed by atoms with E-state index >= 15 is 0 Å². The van der Waals surface area contributed by atoms with Crippen molar-refractivity contribution in [3.05, 3.63) is 64.8 Å². The van der Waals surface area contributed by atoms with Crippen molar-refractivity contribution < 1.29 is 21.6 Å². The van der Waals surface area contributed by atoms with Gasteiger partial charge in [0.2, 0.25) is 0 Å². The van der Waals surface area contributed by atoms with Crippen LogP contribution in [-0.4, -0.2) is 33.5 Å². The molecule has 6 nitrogen and oxygen atoms in total. The van der Waals surface area contributed by atoms with Crippen LogP contribution in [0.4, 0.5) is 13.2 Å². The molecule has 0 bridgehead atoms. The molecule has 0 saturated heterocycles. The van der Waals surface area contributed by atoms with Gasteiger partial charge in [0, 0.05) is 34.1 Å². The normalized spacial score (nSPS) is 12.4. The Morgan fingerprint density at radius 2 is 1.69 bits per heavy atom. The van der Waals surface area contributed by atoms with Crippen LogP contribution in [0.15, 0.2) is 53.9 Å². The molecule has 0 aliphatic carbocycles. The molecule has 0 unspecified atom stereocenters. The van der Waals surface area contributed by atoms with E-state index in [0.29, 0.717) is 21.2 Å². The lowest BCUT2D eigenvalue weighted by atomic mass is 10.1. The Balaban J connectivity index is 1.90. The van der Waals surface area contributed by atoms with Crippen molar-refractivity contribution in [1.82, 2.24) is 19.4 Å². The first-order chi connectivity index (χ1) is 15.0. The molecule has 4 aromatic rings. The van der Waals surface area contributed by atoms with E-state index in [9.17, 15) is 21.6 Å². The number of hydrogen-bond acceptors (Lipinski definition) is 5. The van der Waals surface area contributed by atoms with Gasteiger partial charge in [-0.2, -0.15) is 13.2 Å². The Morgan fingerprint density at radius 3 is 2.31 bits per heavy atom. The van der Waals surface area contributed by atoms with E-state index < -0.39 is 21.7 Å². The molecule has 0 radical (unpaired) electrons. The molecule has 4 rings (SSSR count). The molecule has 0 amide bonds. The summed E-state index contributed by atoms with van der Waals surface area (Å²) < 4.78 is 65.8. The second-order valence-corrected chi connectivity index (χ2v) is 9.92. The average Bonchev–Trinajstić information content (AvgIpc) is 3.15. The molecule has 0 saturated carbocycles. The van der Waals surface area contributed by atoms with Crippen LogP contribution in [0.5, 0.6) is 0 Å². The molecule has 3 heterocycles. The zero-order valence-corrected chi connectivity index (χ0v) is 18.6. The van der Waals surface area contributed by atoms with E-state index in [1.54, 1.807) is 12.1 Å². The molecule has 0 aliphatic heterocycles. The summed E-state index contributed by atoms with van der Waals surface area (Å²) in [7, 11) is -3.77. The molecule has 0 N–H and O–H groups in total. The summed E-state index contributed by atoms with van der Waals surface area (Å²) in [4.78, 5) is 11.7. The lowest BCUT2D eigenvalue weighted by molar-refractivity contribution is -0.141. The number of nitrogens with zero attached hydrogens (tertiary/aromatic N) is 4. The summed E-state index contributed by atoms with van der Waals surface area (Å²) in [5.41, 5.74) is -0.0349. The van der Waals surface area contributed by atoms with E-state index in [-0.39, 0.29) is 27.7 Å². The number of fused-ring (bicyclic) bond motifs is 1. The molecule has 1 aromatic carbocycles. The fraction of sp³-hybridized carbons (Fsp3) is 0.150. The number of sulfone groups is 1. The minimum absolute atomic E-state index is 0.0148. The first-order valence-electron chi connectivity index (χ1n) is 9.09. The van der Waals surface area contributed by atoms with Crippen LogP contribution in [-0.2, 0) is 16.0 Å². The Labute approximate surface area is 190 Å². The highest BCUT2D eigenvalue weighted by molar-refractivity contribution is 7.91. The Hall–Kier alpha value is -2.69. The number of benzene rings is 1. The smallest absolute Gasteiger partial charge is 0.290 e. The first kappa shape index (κ1) is 22.5. The first-order valence-corrected chi connectivity index (χ1v) is 11.5. The number of hydrogen-bond donors (Lipinski definition) is 0. The van der Waals surface area contributed by atoms with Gasteiger partial charge in [0.05, 0.1) is 10.6 Å². The quantitative estimate of drug-likeness (QED) is 0.365. The van der Waals surface area contributed by atoms with Gasteiger partial charge in [-0.05, 0) is 29.8 Å². The van der Waals surface area contributed by atoms with Crippen LogP contribution < -0.4 is 0 Å². The standard InChI is InChI=1S/C20H13Cl2F3N4O2S/c1-2-32(30,31)16-5-12(11-3-13(21)6-14(22)4-11)8-26-19(16)15-9-29-10-27-17(20(23,24)25)7-18(29)28-15/h3-10H,2H2,1H3. The summed E-state index contributed by atoms with van der Waals surface area (Å²) in [6, 6.07) is 6.97. The second kappa shape index (κ2) is 8.02. The van der Waals surface area contributed by atoms with Gasteiger partial charge in [-0.25, -0.2) is 18.4 Å². The van der Waals surface area contributed by atoms with Gasteiger partial charge >= 0.3 is 6.18 Å². The fourth-order valence-electron chi connectivity index (χ4n) is 3.07. The molecule has 0 aliphatic rings. The monoisotopic (exact) mass is 500 g/mol. The SMILES string of the molecule is CCS(=O)(=O)c1cc(-c2cc(Cl)cc(Cl)c2)cnc1-c1cn2cnc(C(F)(F)F)cc2n1. The minimum atomic E-state index is -4.64. The largest absolute Gasteiger partial charge is 0.433 e. The zero-order chi connectivity index (χ0) is 23.3. The van der Waals surface area contributed by atoms with Crippen molar-refractivity contribution in [3.63, 3.8) is 0 Å². The van der Waals surface area contributed by atoms with E-state index in [2.05, 4.69) is 15.0 Å². The molecule has 0 atom stereocenters. The van der Waals surface area contributed by atoms with Crippen molar-refractivity contribution in [2.45, 2.75) is 18.0 Å². The van der Waals surface area contributed by atoms with Gasteiger partial charge in [-0.3, -0.25) is 9.38 Å². The van der Waals surface area contributed by atoms with Crippen LogP contribution >= 0.6 is 23.2 Å². The predicted molar refractivity (Wildman–Crippen MR) is 114 cm³/mol. The number of aromatic nitrogens is 4. The third kappa shape index (κ3) is 4.30. The van der Waals surface area contributed by atoms with Gasteiger partial charge in [0.1, 0.15) is 29.1 Å².